The molecule has 0 aromatic heterocycles. The van der Waals surface area contributed by atoms with Crippen LogP contribution in [0.15, 0.2) is 83.3 Å². The van der Waals surface area contributed by atoms with Crippen LogP contribution in [-0.2, 0) is 32.6 Å². The molecule has 0 bridgehead atoms. The second-order valence-electron chi connectivity index (χ2n) is 10.1. The Balaban J connectivity index is 1.73. The first-order valence-corrected chi connectivity index (χ1v) is 16.2. The average molecular weight is 647 g/mol. The molecule has 2 amide bonds. The highest BCUT2D eigenvalue weighted by Gasteiger charge is 2.34. The minimum Gasteiger partial charge on any atom is -0.352 e. The number of hydrogen-bond acceptors (Lipinski definition) is 4. The number of amides is 2. The highest BCUT2D eigenvalue weighted by molar-refractivity contribution is 9.10. The number of para-hydroxylation sites is 1. The first-order chi connectivity index (χ1) is 19.1. The predicted octanol–water partition coefficient (Wildman–Crippen LogP) is 5.57. The van der Waals surface area contributed by atoms with Crippen molar-refractivity contribution in [3.63, 3.8) is 0 Å². The van der Waals surface area contributed by atoms with Gasteiger partial charge in [-0.3, -0.25) is 13.9 Å². The molecule has 1 saturated carbocycles. The van der Waals surface area contributed by atoms with Crippen LogP contribution >= 0.6 is 27.5 Å². The first kappa shape index (κ1) is 30.1. The summed E-state index contributed by atoms with van der Waals surface area (Å²) in [7, 11) is -3.88. The van der Waals surface area contributed by atoms with E-state index < -0.39 is 28.5 Å². The van der Waals surface area contributed by atoms with Gasteiger partial charge in [-0.15, -0.1) is 0 Å². The fourth-order valence-corrected chi connectivity index (χ4v) is 6.60. The maximum atomic E-state index is 14.1. The van der Waals surface area contributed by atoms with Gasteiger partial charge in [-0.05, 0) is 48.2 Å². The summed E-state index contributed by atoms with van der Waals surface area (Å²) in [5, 5.41) is 3.37. The molecule has 7 nitrogen and oxygen atoms in total. The SMILES string of the molecule is CS(=O)(=O)N(CC(=O)N(Cc1cccc(Br)c1)[C@H](Cc1ccccc1)C(=O)NC1CCCC1)c1ccccc1Cl. The number of rotatable bonds is 11. The highest BCUT2D eigenvalue weighted by Crippen LogP contribution is 2.28. The predicted molar refractivity (Wildman–Crippen MR) is 163 cm³/mol. The van der Waals surface area contributed by atoms with Gasteiger partial charge in [-0.1, -0.05) is 95.0 Å². The maximum Gasteiger partial charge on any atom is 0.244 e. The lowest BCUT2D eigenvalue weighted by atomic mass is 10.0. The molecule has 3 aromatic rings. The summed E-state index contributed by atoms with van der Waals surface area (Å²) in [6.07, 6.45) is 5.22. The van der Waals surface area contributed by atoms with Gasteiger partial charge in [0, 0.05) is 23.5 Å². The zero-order valence-corrected chi connectivity index (χ0v) is 25.5. The van der Waals surface area contributed by atoms with Crippen molar-refractivity contribution in [2.75, 3.05) is 17.1 Å². The molecule has 0 saturated heterocycles. The summed E-state index contributed by atoms with van der Waals surface area (Å²) in [5.41, 5.74) is 1.91. The van der Waals surface area contributed by atoms with Crippen molar-refractivity contribution in [1.82, 2.24) is 10.2 Å². The summed E-state index contributed by atoms with van der Waals surface area (Å²) in [4.78, 5) is 29.5. The van der Waals surface area contributed by atoms with Crippen LogP contribution in [0, 0.1) is 0 Å². The van der Waals surface area contributed by atoms with Crippen LogP contribution < -0.4 is 9.62 Å². The van der Waals surface area contributed by atoms with Crippen LogP contribution in [-0.4, -0.2) is 50.0 Å². The first-order valence-electron chi connectivity index (χ1n) is 13.2. The highest BCUT2D eigenvalue weighted by atomic mass is 79.9. The Morgan fingerprint density at radius 3 is 2.27 bits per heavy atom. The number of hydrogen-bond donors (Lipinski definition) is 1. The van der Waals surface area contributed by atoms with Gasteiger partial charge in [0.2, 0.25) is 21.8 Å². The van der Waals surface area contributed by atoms with Crippen molar-refractivity contribution in [3.8, 4) is 0 Å². The van der Waals surface area contributed by atoms with E-state index >= 15 is 0 Å². The zero-order chi connectivity index (χ0) is 28.7. The Morgan fingerprint density at radius 1 is 0.975 bits per heavy atom. The number of nitrogens with zero attached hydrogens (tertiary/aromatic N) is 2. The van der Waals surface area contributed by atoms with E-state index in [9.17, 15) is 18.0 Å². The summed E-state index contributed by atoms with van der Waals surface area (Å²) in [5.74, 6) is -0.754. The largest absolute Gasteiger partial charge is 0.352 e. The number of benzene rings is 3. The third-order valence-corrected chi connectivity index (χ3v) is 8.95. The van der Waals surface area contributed by atoms with Crippen molar-refractivity contribution >= 4 is 55.1 Å². The minimum absolute atomic E-state index is 0.0595. The monoisotopic (exact) mass is 645 g/mol. The van der Waals surface area contributed by atoms with E-state index in [2.05, 4.69) is 21.2 Å². The topological polar surface area (TPSA) is 86.8 Å². The van der Waals surface area contributed by atoms with Crippen molar-refractivity contribution in [3.05, 3.63) is 99.5 Å². The molecular weight excluding hydrogens is 614 g/mol. The molecule has 0 aliphatic heterocycles. The van der Waals surface area contributed by atoms with Crippen LogP contribution in [0.25, 0.3) is 0 Å². The Kier molecular flexibility index (Phi) is 10.3. The van der Waals surface area contributed by atoms with E-state index in [1.807, 2.05) is 54.6 Å². The number of halogens is 2. The van der Waals surface area contributed by atoms with Gasteiger partial charge < -0.3 is 10.2 Å². The molecule has 0 radical (unpaired) electrons. The molecule has 212 valence electrons. The molecule has 0 spiro atoms. The molecule has 1 aliphatic carbocycles. The van der Waals surface area contributed by atoms with Gasteiger partial charge in [-0.25, -0.2) is 8.42 Å². The van der Waals surface area contributed by atoms with Gasteiger partial charge in [0.1, 0.15) is 12.6 Å². The van der Waals surface area contributed by atoms with E-state index in [1.54, 1.807) is 24.3 Å². The van der Waals surface area contributed by atoms with Crippen molar-refractivity contribution in [2.24, 2.45) is 0 Å². The number of sulfonamides is 1. The third-order valence-electron chi connectivity index (χ3n) is 7.01. The fourth-order valence-electron chi connectivity index (χ4n) is 5.00. The lowest BCUT2D eigenvalue weighted by Gasteiger charge is -2.34. The number of carbonyl (C=O) groups is 2. The maximum absolute atomic E-state index is 14.1. The standard InChI is InChI=1S/C30H33BrClN3O4S/c1-40(38,39)35(27-17-8-7-16-26(27)32)21-29(36)34(20-23-12-9-13-24(31)18-23)28(19-22-10-3-2-4-11-22)30(37)33-25-14-5-6-15-25/h2-4,7-13,16-18,25,28H,5-6,14-15,19-21H2,1H3,(H,33,37)/t28-/m1/s1. The molecule has 4 rings (SSSR count). The van der Waals surface area contributed by atoms with E-state index in [1.165, 1.54) is 4.90 Å². The Labute approximate surface area is 249 Å². The molecule has 3 aromatic carbocycles. The van der Waals surface area contributed by atoms with Crippen LogP contribution in [0.5, 0.6) is 0 Å². The van der Waals surface area contributed by atoms with Crippen molar-refractivity contribution in [2.45, 2.75) is 50.7 Å². The molecule has 0 heterocycles. The van der Waals surface area contributed by atoms with Gasteiger partial charge in [-0.2, -0.15) is 0 Å². The quantitative estimate of drug-likeness (QED) is 0.295. The lowest BCUT2D eigenvalue weighted by molar-refractivity contribution is -0.140. The summed E-state index contributed by atoms with van der Waals surface area (Å²) >= 11 is 9.84. The van der Waals surface area contributed by atoms with E-state index in [-0.39, 0.29) is 35.6 Å². The molecule has 1 atom stereocenters. The van der Waals surface area contributed by atoms with Gasteiger partial charge in [0.15, 0.2) is 0 Å². The smallest absolute Gasteiger partial charge is 0.244 e. The zero-order valence-electron chi connectivity index (χ0n) is 22.3. The van der Waals surface area contributed by atoms with Gasteiger partial charge in [0.25, 0.3) is 0 Å². The van der Waals surface area contributed by atoms with Crippen LogP contribution in [0.4, 0.5) is 5.69 Å². The second-order valence-corrected chi connectivity index (χ2v) is 13.3. The van der Waals surface area contributed by atoms with E-state index in [0.29, 0.717) is 0 Å². The molecule has 1 aliphatic rings. The second kappa shape index (κ2) is 13.7. The fraction of sp³-hybridized carbons (Fsp3) is 0.333. The summed E-state index contributed by atoms with van der Waals surface area (Å²) in [6.45, 7) is -0.382. The normalized spacial score (nSPS) is 14.5. The molecule has 1 N–H and O–H groups in total. The summed E-state index contributed by atoms with van der Waals surface area (Å²) < 4.78 is 27.6. The summed E-state index contributed by atoms with van der Waals surface area (Å²) in [6, 6.07) is 22.7. The van der Waals surface area contributed by atoms with Crippen molar-refractivity contribution in [1.29, 1.82) is 0 Å². The molecular formula is C30H33BrClN3O4S. The van der Waals surface area contributed by atoms with E-state index in [4.69, 9.17) is 11.6 Å². The molecule has 40 heavy (non-hydrogen) atoms. The molecule has 0 unspecified atom stereocenters. The van der Waals surface area contributed by atoms with Crippen molar-refractivity contribution < 1.29 is 18.0 Å². The number of anilines is 1. The van der Waals surface area contributed by atoms with Crippen LogP contribution in [0.1, 0.15) is 36.8 Å². The van der Waals surface area contributed by atoms with Crippen LogP contribution in [0.3, 0.4) is 0 Å². The molecule has 1 fully saturated rings. The van der Waals surface area contributed by atoms with E-state index in [0.717, 1.165) is 51.8 Å². The lowest BCUT2D eigenvalue weighted by Crippen LogP contribution is -2.54. The third kappa shape index (κ3) is 8.08. The Morgan fingerprint density at radius 2 is 1.62 bits per heavy atom. The number of nitrogens with one attached hydrogen (secondary N) is 1. The average Bonchev–Trinajstić information content (AvgIpc) is 3.43. The van der Waals surface area contributed by atoms with Crippen LogP contribution in [0.2, 0.25) is 5.02 Å². The Bertz CT molecular complexity index is 1430. The van der Waals surface area contributed by atoms with Gasteiger partial charge in [0.05, 0.1) is 17.0 Å². The minimum atomic E-state index is -3.88. The van der Waals surface area contributed by atoms with Gasteiger partial charge >= 0.3 is 0 Å². The Hall–Kier alpha value is -2.88. The number of carbonyl (C=O) groups excluding carboxylic acids is 2. The molecule has 10 heteroatoms.